The molecule has 0 bridgehead atoms. The highest BCUT2D eigenvalue weighted by Crippen LogP contribution is 2.34. The van der Waals surface area contributed by atoms with E-state index in [1.807, 2.05) is 12.3 Å². The number of hydrogen-bond donors (Lipinski definition) is 0. The first kappa shape index (κ1) is 16.0. The number of rotatable bonds is 2. The third kappa shape index (κ3) is 3.39. The van der Waals surface area contributed by atoms with E-state index < -0.39 is 0 Å². The molecule has 2 aromatic rings. The van der Waals surface area contributed by atoms with Crippen LogP contribution in [0.25, 0.3) is 0 Å². The second-order valence-corrected chi connectivity index (χ2v) is 7.83. The summed E-state index contributed by atoms with van der Waals surface area (Å²) in [6.45, 7) is 12.0. The van der Waals surface area contributed by atoms with Crippen molar-refractivity contribution >= 4 is 5.82 Å². The molecule has 1 fully saturated rings. The van der Waals surface area contributed by atoms with Crippen LogP contribution in [-0.4, -0.2) is 22.6 Å². The van der Waals surface area contributed by atoms with Crippen molar-refractivity contribution in [1.29, 1.82) is 0 Å². The van der Waals surface area contributed by atoms with Crippen LogP contribution >= 0.6 is 0 Å². The molecule has 1 aromatic carbocycles. The maximum absolute atomic E-state index is 4.83. The normalized spacial score (nSPS) is 21.7. The van der Waals surface area contributed by atoms with Crippen molar-refractivity contribution in [2.45, 2.75) is 58.4 Å². The fourth-order valence-corrected chi connectivity index (χ4v) is 3.30. The van der Waals surface area contributed by atoms with Gasteiger partial charge in [0.2, 0.25) is 0 Å². The van der Waals surface area contributed by atoms with Crippen molar-refractivity contribution in [1.82, 2.24) is 9.97 Å². The molecule has 2 heterocycles. The zero-order valence-electron chi connectivity index (χ0n) is 14.9. The van der Waals surface area contributed by atoms with Crippen molar-refractivity contribution < 1.29 is 0 Å². The van der Waals surface area contributed by atoms with Gasteiger partial charge < -0.3 is 4.90 Å². The molecule has 0 N–H and O–H groups in total. The Hall–Kier alpha value is -1.90. The van der Waals surface area contributed by atoms with Crippen LogP contribution in [0.3, 0.4) is 0 Å². The molecule has 0 radical (unpaired) electrons. The van der Waals surface area contributed by atoms with E-state index in [4.69, 9.17) is 4.98 Å². The van der Waals surface area contributed by atoms with Crippen molar-refractivity contribution in [3.63, 3.8) is 0 Å². The zero-order chi connectivity index (χ0) is 16.6. The number of hydrogen-bond acceptors (Lipinski definition) is 3. The molecule has 0 aliphatic carbocycles. The van der Waals surface area contributed by atoms with Crippen LogP contribution in [0.5, 0.6) is 0 Å². The smallest absolute Gasteiger partial charge is 0.135 e. The van der Waals surface area contributed by atoms with E-state index in [1.54, 1.807) is 0 Å². The average Bonchev–Trinajstić information content (AvgIpc) is 2.89. The van der Waals surface area contributed by atoms with Crippen molar-refractivity contribution in [3.05, 3.63) is 53.5 Å². The molecule has 0 spiro atoms. The van der Waals surface area contributed by atoms with Gasteiger partial charge in [0, 0.05) is 30.1 Å². The number of nitrogens with zero attached hydrogens (tertiary/aromatic N) is 3. The molecule has 3 nitrogen and oxygen atoms in total. The molecule has 1 aliphatic rings. The zero-order valence-corrected chi connectivity index (χ0v) is 14.9. The minimum atomic E-state index is -0.0185. The first-order valence-corrected chi connectivity index (χ1v) is 8.51. The lowest BCUT2D eigenvalue weighted by Gasteiger charge is -2.25. The van der Waals surface area contributed by atoms with Crippen molar-refractivity contribution in [3.8, 4) is 0 Å². The molecular formula is C20H27N3. The van der Waals surface area contributed by atoms with Gasteiger partial charge in [0.1, 0.15) is 11.6 Å². The molecule has 3 heteroatoms. The molecule has 1 aromatic heterocycles. The first-order valence-electron chi connectivity index (χ1n) is 8.51. The average molecular weight is 309 g/mol. The fourth-order valence-electron chi connectivity index (χ4n) is 3.30. The van der Waals surface area contributed by atoms with E-state index in [1.165, 1.54) is 17.5 Å². The first-order chi connectivity index (χ1) is 10.8. The summed E-state index contributed by atoms with van der Waals surface area (Å²) in [6.07, 6.45) is 3.08. The predicted molar refractivity (Wildman–Crippen MR) is 96.1 cm³/mol. The second-order valence-electron chi connectivity index (χ2n) is 7.83. The van der Waals surface area contributed by atoms with Crippen LogP contribution in [-0.2, 0) is 5.41 Å². The van der Waals surface area contributed by atoms with Crippen LogP contribution in [0.4, 0.5) is 5.82 Å². The van der Waals surface area contributed by atoms with Crippen LogP contribution in [0.15, 0.2) is 36.5 Å². The maximum atomic E-state index is 4.83. The van der Waals surface area contributed by atoms with Gasteiger partial charge in [0.05, 0.1) is 0 Å². The summed E-state index contributed by atoms with van der Waals surface area (Å²) in [6, 6.07) is 11.5. The van der Waals surface area contributed by atoms with E-state index in [9.17, 15) is 0 Å². The molecule has 1 aliphatic heterocycles. The van der Waals surface area contributed by atoms with Crippen molar-refractivity contribution in [2.24, 2.45) is 0 Å². The summed E-state index contributed by atoms with van der Waals surface area (Å²) in [5.41, 5.74) is 2.74. The Morgan fingerprint density at radius 3 is 2.43 bits per heavy atom. The van der Waals surface area contributed by atoms with E-state index in [0.29, 0.717) is 12.0 Å². The van der Waals surface area contributed by atoms with E-state index in [0.717, 1.165) is 18.2 Å². The van der Waals surface area contributed by atoms with Gasteiger partial charge in [-0.05, 0) is 31.9 Å². The van der Waals surface area contributed by atoms with Crippen LogP contribution in [0.1, 0.15) is 57.0 Å². The third-order valence-corrected chi connectivity index (χ3v) is 4.73. The fraction of sp³-hybridized carbons (Fsp3) is 0.500. The van der Waals surface area contributed by atoms with Gasteiger partial charge in [-0.3, -0.25) is 0 Å². The highest BCUT2D eigenvalue weighted by Gasteiger charge is 2.31. The molecule has 1 saturated heterocycles. The van der Waals surface area contributed by atoms with E-state index >= 15 is 0 Å². The van der Waals surface area contributed by atoms with Gasteiger partial charge in [0.25, 0.3) is 0 Å². The Morgan fingerprint density at radius 2 is 1.78 bits per heavy atom. The summed E-state index contributed by atoms with van der Waals surface area (Å²) in [5.74, 6) is 2.56. The van der Waals surface area contributed by atoms with Gasteiger partial charge in [-0.2, -0.15) is 0 Å². The van der Waals surface area contributed by atoms with E-state index in [-0.39, 0.29) is 5.41 Å². The summed E-state index contributed by atoms with van der Waals surface area (Å²) < 4.78 is 0. The molecule has 0 amide bonds. The Kier molecular flexibility index (Phi) is 4.13. The largest absolute Gasteiger partial charge is 0.353 e. The molecular weight excluding hydrogens is 282 g/mol. The van der Waals surface area contributed by atoms with Gasteiger partial charge in [-0.1, -0.05) is 50.6 Å². The molecule has 23 heavy (non-hydrogen) atoms. The number of aryl methyl sites for hydroxylation is 1. The third-order valence-electron chi connectivity index (χ3n) is 4.73. The molecule has 2 atom stereocenters. The topological polar surface area (TPSA) is 29.0 Å². The Morgan fingerprint density at radius 1 is 1.09 bits per heavy atom. The van der Waals surface area contributed by atoms with Gasteiger partial charge in [0.15, 0.2) is 0 Å². The molecule has 122 valence electrons. The molecule has 0 saturated carbocycles. The quantitative estimate of drug-likeness (QED) is 0.820. The lowest BCUT2D eigenvalue weighted by Crippen LogP contribution is -2.29. The highest BCUT2D eigenvalue weighted by atomic mass is 15.2. The lowest BCUT2D eigenvalue weighted by molar-refractivity contribution is 0.543. The van der Waals surface area contributed by atoms with Crippen molar-refractivity contribution in [2.75, 3.05) is 11.4 Å². The monoisotopic (exact) mass is 309 g/mol. The maximum Gasteiger partial charge on any atom is 0.135 e. The molecule has 2 unspecified atom stereocenters. The minimum Gasteiger partial charge on any atom is -0.353 e. The Labute approximate surface area is 139 Å². The molecule has 3 rings (SSSR count). The second kappa shape index (κ2) is 5.95. The van der Waals surface area contributed by atoms with Gasteiger partial charge in [-0.25, -0.2) is 9.97 Å². The van der Waals surface area contributed by atoms with E-state index in [2.05, 4.69) is 68.8 Å². The number of anilines is 1. The predicted octanol–water partition coefficient (Wildman–Crippen LogP) is 4.46. The van der Waals surface area contributed by atoms with Gasteiger partial charge >= 0.3 is 0 Å². The number of benzene rings is 1. The summed E-state index contributed by atoms with van der Waals surface area (Å²) in [5, 5.41) is 0. The highest BCUT2D eigenvalue weighted by molar-refractivity contribution is 5.43. The SMILES string of the molecule is Cc1ccc(C2CC(C)N(c3ccnc(C(C)(C)C)n3)C2)cc1. The summed E-state index contributed by atoms with van der Waals surface area (Å²) in [4.78, 5) is 11.7. The number of aromatic nitrogens is 2. The summed E-state index contributed by atoms with van der Waals surface area (Å²) >= 11 is 0. The van der Waals surface area contributed by atoms with Gasteiger partial charge in [-0.15, -0.1) is 0 Å². The van der Waals surface area contributed by atoms with Crippen LogP contribution in [0.2, 0.25) is 0 Å². The lowest BCUT2D eigenvalue weighted by atomic mass is 9.96. The van der Waals surface area contributed by atoms with Crippen LogP contribution < -0.4 is 4.90 Å². The van der Waals surface area contributed by atoms with Crippen LogP contribution in [0, 0.1) is 6.92 Å². The standard InChI is InChI=1S/C20H27N3/c1-14-6-8-16(9-7-14)17-12-15(2)23(13-17)18-10-11-21-19(22-18)20(3,4)5/h6-11,15,17H,12-13H2,1-5H3. The summed E-state index contributed by atoms with van der Waals surface area (Å²) in [7, 11) is 0. The Balaban J connectivity index is 1.83. The Bertz CT molecular complexity index is 670. The minimum absolute atomic E-state index is 0.0185.